The molecule has 0 spiro atoms. The summed E-state index contributed by atoms with van der Waals surface area (Å²) in [6.45, 7) is 0. The Morgan fingerprint density at radius 1 is 1.54 bits per heavy atom. The van der Waals surface area contributed by atoms with Gasteiger partial charge in [-0.2, -0.15) is 0 Å². The molecule has 0 bridgehead atoms. The average molecular weight is 178 g/mol. The number of fused-ring (bicyclic) bond motifs is 1. The summed E-state index contributed by atoms with van der Waals surface area (Å²) in [4.78, 5) is 14.9. The molecule has 1 amide bonds. The van der Waals surface area contributed by atoms with Crippen molar-refractivity contribution in [2.75, 3.05) is 0 Å². The van der Waals surface area contributed by atoms with E-state index < -0.39 is 5.91 Å². The third-order valence-corrected chi connectivity index (χ3v) is 1.74. The molecule has 0 unspecified atom stereocenters. The summed E-state index contributed by atoms with van der Waals surface area (Å²) in [5.41, 5.74) is 3.04. The molecular formula is C7H6N4O2. The summed E-state index contributed by atoms with van der Waals surface area (Å²) in [5.74, 6) is -0.641. The maximum absolute atomic E-state index is 10.9. The lowest BCUT2D eigenvalue weighted by Gasteiger charge is -2.07. The second kappa shape index (κ2) is 2.91. The summed E-state index contributed by atoms with van der Waals surface area (Å²) >= 11 is 0. The molecular weight excluding hydrogens is 172 g/mol. The van der Waals surface area contributed by atoms with Gasteiger partial charge in [-0.15, -0.1) is 10.2 Å². The van der Waals surface area contributed by atoms with Gasteiger partial charge in [-0.05, 0) is 6.08 Å². The topological polar surface area (TPSA) is 86.4 Å². The molecule has 2 rings (SSSR count). The lowest BCUT2D eigenvalue weighted by atomic mass is 10.1. The van der Waals surface area contributed by atoms with Gasteiger partial charge in [-0.1, -0.05) is 0 Å². The van der Waals surface area contributed by atoms with E-state index in [1.54, 1.807) is 12.3 Å². The van der Waals surface area contributed by atoms with Crippen molar-refractivity contribution < 1.29 is 10.0 Å². The van der Waals surface area contributed by atoms with Crippen molar-refractivity contribution in [3.8, 4) is 0 Å². The first-order valence-corrected chi connectivity index (χ1v) is 3.64. The van der Waals surface area contributed by atoms with E-state index in [1.807, 2.05) is 0 Å². The summed E-state index contributed by atoms with van der Waals surface area (Å²) in [7, 11) is 0. The summed E-state index contributed by atoms with van der Waals surface area (Å²) in [5, 5.41) is 15.7. The second-order valence-corrected chi connectivity index (χ2v) is 2.54. The van der Waals surface area contributed by atoms with E-state index in [0.29, 0.717) is 17.8 Å². The first kappa shape index (κ1) is 7.81. The van der Waals surface area contributed by atoms with Crippen LogP contribution in [0.2, 0.25) is 0 Å². The fraction of sp³-hybridized carbons (Fsp3) is 0.143. The third-order valence-electron chi connectivity index (χ3n) is 1.74. The van der Waals surface area contributed by atoms with Crippen LogP contribution in [0.4, 0.5) is 0 Å². The molecule has 2 heterocycles. The Balaban J connectivity index is 2.25. The average Bonchev–Trinajstić information content (AvgIpc) is 2.63. The Hall–Kier alpha value is -1.82. The number of carbonyl (C=O) groups is 1. The van der Waals surface area contributed by atoms with E-state index in [2.05, 4.69) is 15.2 Å². The predicted octanol–water partition coefficient (Wildman–Crippen LogP) is -0.339. The van der Waals surface area contributed by atoms with Gasteiger partial charge >= 0.3 is 0 Å². The Bertz CT molecular complexity index is 378. The van der Waals surface area contributed by atoms with Crippen molar-refractivity contribution in [1.82, 2.24) is 5.48 Å². The monoisotopic (exact) mass is 178 g/mol. The molecule has 13 heavy (non-hydrogen) atoms. The van der Waals surface area contributed by atoms with Crippen LogP contribution in [0.3, 0.4) is 0 Å². The number of nitrogens with one attached hydrogen (secondary N) is 1. The van der Waals surface area contributed by atoms with Crippen molar-refractivity contribution in [1.29, 1.82) is 0 Å². The van der Waals surface area contributed by atoms with Gasteiger partial charge in [-0.25, -0.2) is 5.48 Å². The fourth-order valence-corrected chi connectivity index (χ4v) is 1.09. The van der Waals surface area contributed by atoms with Crippen LogP contribution >= 0.6 is 0 Å². The van der Waals surface area contributed by atoms with Crippen molar-refractivity contribution in [2.45, 2.75) is 6.42 Å². The van der Waals surface area contributed by atoms with Crippen LogP contribution in [0.25, 0.3) is 0 Å². The maximum atomic E-state index is 10.9. The number of aliphatic imine (C=N–C) groups is 1. The fourth-order valence-electron chi connectivity index (χ4n) is 1.09. The van der Waals surface area contributed by atoms with Crippen LogP contribution in [0.5, 0.6) is 0 Å². The van der Waals surface area contributed by atoms with E-state index >= 15 is 0 Å². The maximum Gasteiger partial charge on any atom is 0.291 e. The molecule has 0 saturated carbocycles. The molecule has 0 atom stereocenters. The zero-order valence-corrected chi connectivity index (χ0v) is 6.56. The Kier molecular flexibility index (Phi) is 1.75. The minimum Gasteiger partial charge on any atom is -0.288 e. The van der Waals surface area contributed by atoms with Crippen molar-refractivity contribution in [3.63, 3.8) is 0 Å². The molecule has 0 aliphatic carbocycles. The third kappa shape index (κ3) is 1.27. The second-order valence-electron chi connectivity index (χ2n) is 2.54. The number of hydrogen-bond donors (Lipinski definition) is 2. The number of hydroxylamine groups is 1. The van der Waals surface area contributed by atoms with Crippen molar-refractivity contribution in [2.24, 2.45) is 15.2 Å². The van der Waals surface area contributed by atoms with Gasteiger partial charge in [0.1, 0.15) is 11.4 Å². The predicted molar refractivity (Wildman–Crippen MR) is 46.0 cm³/mol. The molecule has 0 aromatic carbocycles. The SMILES string of the molecule is O=C(NO)C1=NN=C2C=CN=C2C1. The zero-order chi connectivity index (χ0) is 9.26. The lowest BCUT2D eigenvalue weighted by Crippen LogP contribution is -2.32. The molecule has 0 fully saturated rings. The minimum atomic E-state index is -0.641. The summed E-state index contributed by atoms with van der Waals surface area (Å²) < 4.78 is 0. The first-order valence-electron chi connectivity index (χ1n) is 3.64. The quantitative estimate of drug-likeness (QED) is 0.425. The largest absolute Gasteiger partial charge is 0.291 e. The number of rotatable bonds is 1. The van der Waals surface area contributed by atoms with E-state index in [4.69, 9.17) is 5.21 Å². The molecule has 66 valence electrons. The number of carbonyl (C=O) groups excluding carboxylic acids is 1. The van der Waals surface area contributed by atoms with Crippen LogP contribution in [0.15, 0.2) is 27.5 Å². The Labute approximate surface area is 73.3 Å². The minimum absolute atomic E-state index is 0.161. The Morgan fingerprint density at radius 3 is 3.15 bits per heavy atom. The first-order chi connectivity index (χ1) is 6.31. The lowest BCUT2D eigenvalue weighted by molar-refractivity contribution is -0.122. The highest BCUT2D eigenvalue weighted by Crippen LogP contribution is 2.09. The van der Waals surface area contributed by atoms with Gasteiger partial charge in [0.15, 0.2) is 0 Å². The van der Waals surface area contributed by atoms with E-state index in [-0.39, 0.29) is 5.71 Å². The molecule has 6 nitrogen and oxygen atoms in total. The van der Waals surface area contributed by atoms with Crippen LogP contribution in [-0.4, -0.2) is 28.2 Å². The normalized spacial score (nSPS) is 18.7. The van der Waals surface area contributed by atoms with Gasteiger partial charge in [0, 0.05) is 12.6 Å². The van der Waals surface area contributed by atoms with Gasteiger partial charge in [0.2, 0.25) is 0 Å². The van der Waals surface area contributed by atoms with Gasteiger partial charge in [-0.3, -0.25) is 15.0 Å². The molecule has 2 aliphatic rings. The van der Waals surface area contributed by atoms with E-state index in [0.717, 1.165) is 0 Å². The molecule has 0 radical (unpaired) electrons. The highest BCUT2D eigenvalue weighted by Gasteiger charge is 2.22. The standard InChI is InChI=1S/C7H6N4O2/c12-7(11-13)6-3-5-4(9-10-6)1-2-8-5/h1-2,13H,3H2,(H,11,12). The van der Waals surface area contributed by atoms with Crippen molar-refractivity contribution >= 4 is 23.0 Å². The Morgan fingerprint density at radius 2 is 2.38 bits per heavy atom. The number of amides is 1. The number of allylic oxidation sites excluding steroid dienone is 1. The summed E-state index contributed by atoms with van der Waals surface area (Å²) in [6.07, 6.45) is 3.62. The highest BCUT2D eigenvalue weighted by molar-refractivity contribution is 6.56. The van der Waals surface area contributed by atoms with Crippen LogP contribution in [0, 0.1) is 0 Å². The van der Waals surface area contributed by atoms with Gasteiger partial charge in [0.25, 0.3) is 5.91 Å². The molecule has 0 aromatic rings. The molecule has 6 heteroatoms. The molecule has 0 saturated heterocycles. The molecule has 0 aromatic heterocycles. The molecule has 2 aliphatic heterocycles. The van der Waals surface area contributed by atoms with Crippen LogP contribution in [-0.2, 0) is 4.79 Å². The van der Waals surface area contributed by atoms with Crippen molar-refractivity contribution in [3.05, 3.63) is 12.3 Å². The smallest absolute Gasteiger partial charge is 0.288 e. The zero-order valence-electron chi connectivity index (χ0n) is 6.56. The van der Waals surface area contributed by atoms with Gasteiger partial charge in [0.05, 0.1) is 5.71 Å². The van der Waals surface area contributed by atoms with Crippen LogP contribution in [0.1, 0.15) is 6.42 Å². The van der Waals surface area contributed by atoms with Gasteiger partial charge < -0.3 is 0 Å². The highest BCUT2D eigenvalue weighted by atomic mass is 16.5. The van der Waals surface area contributed by atoms with Crippen LogP contribution < -0.4 is 5.48 Å². The van der Waals surface area contributed by atoms with E-state index in [9.17, 15) is 4.79 Å². The number of hydrogen-bond acceptors (Lipinski definition) is 5. The number of nitrogens with zero attached hydrogens (tertiary/aromatic N) is 3. The molecule has 2 N–H and O–H groups in total. The van der Waals surface area contributed by atoms with E-state index in [1.165, 1.54) is 5.48 Å². The summed E-state index contributed by atoms with van der Waals surface area (Å²) in [6, 6.07) is 0.